The van der Waals surface area contributed by atoms with Gasteiger partial charge in [-0.05, 0) is 12.1 Å². The lowest BCUT2D eigenvalue weighted by atomic mass is 10.2. The summed E-state index contributed by atoms with van der Waals surface area (Å²) in [6, 6.07) is 7.63. The molecule has 0 bridgehead atoms. The molecule has 0 aliphatic heterocycles. The van der Waals surface area contributed by atoms with Crippen molar-refractivity contribution in [2.24, 2.45) is 0 Å². The van der Waals surface area contributed by atoms with E-state index in [9.17, 15) is 4.39 Å². The summed E-state index contributed by atoms with van der Waals surface area (Å²) in [7, 11) is 0. The van der Waals surface area contributed by atoms with Gasteiger partial charge in [0.05, 0.1) is 5.52 Å². The molecule has 72 valence electrons. The van der Waals surface area contributed by atoms with E-state index in [1.807, 2.05) is 24.3 Å². The molecule has 14 heavy (non-hydrogen) atoms. The van der Waals surface area contributed by atoms with Crippen molar-refractivity contribution in [3.63, 3.8) is 0 Å². The number of aromatic nitrogens is 2. The lowest BCUT2D eigenvalue weighted by Crippen LogP contribution is -2.05. The molecule has 1 N–H and O–H groups in total. The van der Waals surface area contributed by atoms with Gasteiger partial charge in [0.25, 0.3) is 0 Å². The van der Waals surface area contributed by atoms with Crippen molar-refractivity contribution in [2.45, 2.75) is 0 Å². The number of alkyl halides is 1. The molecule has 1 heterocycles. The van der Waals surface area contributed by atoms with Crippen LogP contribution in [-0.2, 0) is 0 Å². The zero-order valence-corrected chi connectivity index (χ0v) is 7.57. The van der Waals surface area contributed by atoms with Crippen molar-refractivity contribution in [3.05, 3.63) is 30.6 Å². The average Bonchev–Trinajstić information content (AvgIpc) is 2.26. The van der Waals surface area contributed by atoms with Crippen molar-refractivity contribution < 1.29 is 4.39 Å². The summed E-state index contributed by atoms with van der Waals surface area (Å²) in [5.74, 6) is 0.688. The van der Waals surface area contributed by atoms with E-state index in [0.29, 0.717) is 5.82 Å². The van der Waals surface area contributed by atoms with Crippen molar-refractivity contribution in [2.75, 3.05) is 18.5 Å². The van der Waals surface area contributed by atoms with Crippen LogP contribution in [0.15, 0.2) is 30.6 Å². The van der Waals surface area contributed by atoms with E-state index in [0.717, 1.165) is 10.9 Å². The Kier molecular flexibility index (Phi) is 2.53. The Morgan fingerprint density at radius 2 is 2.07 bits per heavy atom. The quantitative estimate of drug-likeness (QED) is 0.806. The van der Waals surface area contributed by atoms with Gasteiger partial charge < -0.3 is 5.32 Å². The molecular formula is C10H10FN3. The van der Waals surface area contributed by atoms with Gasteiger partial charge in [0.1, 0.15) is 18.8 Å². The molecule has 4 heteroatoms. The Labute approximate surface area is 81.0 Å². The number of hydrogen-bond donors (Lipinski definition) is 1. The molecule has 0 aliphatic carbocycles. The largest absolute Gasteiger partial charge is 0.367 e. The molecule has 0 saturated heterocycles. The fraction of sp³-hybridized carbons (Fsp3) is 0.200. The summed E-state index contributed by atoms with van der Waals surface area (Å²) < 4.78 is 12.0. The van der Waals surface area contributed by atoms with Gasteiger partial charge in [0, 0.05) is 11.9 Å². The third-order valence-electron chi connectivity index (χ3n) is 1.93. The maximum absolute atomic E-state index is 12.0. The van der Waals surface area contributed by atoms with E-state index in [4.69, 9.17) is 0 Å². The predicted molar refractivity (Wildman–Crippen MR) is 54.0 cm³/mol. The molecule has 2 aromatic rings. The summed E-state index contributed by atoms with van der Waals surface area (Å²) in [4.78, 5) is 8.16. The first-order chi connectivity index (χ1) is 6.92. The van der Waals surface area contributed by atoms with Crippen molar-refractivity contribution in [3.8, 4) is 0 Å². The topological polar surface area (TPSA) is 37.8 Å². The minimum Gasteiger partial charge on any atom is -0.367 e. The Morgan fingerprint density at radius 3 is 2.93 bits per heavy atom. The van der Waals surface area contributed by atoms with Crippen LogP contribution in [0.5, 0.6) is 0 Å². The van der Waals surface area contributed by atoms with Crippen LogP contribution in [0.25, 0.3) is 10.9 Å². The zero-order valence-electron chi connectivity index (χ0n) is 7.57. The number of hydrogen-bond acceptors (Lipinski definition) is 3. The van der Waals surface area contributed by atoms with Gasteiger partial charge in [0.2, 0.25) is 0 Å². The van der Waals surface area contributed by atoms with Crippen LogP contribution in [0.3, 0.4) is 0 Å². The normalized spacial score (nSPS) is 10.4. The fourth-order valence-corrected chi connectivity index (χ4v) is 1.31. The molecule has 1 aromatic carbocycles. The lowest BCUT2D eigenvalue weighted by Gasteiger charge is -2.05. The van der Waals surface area contributed by atoms with Gasteiger partial charge in [-0.1, -0.05) is 12.1 Å². The summed E-state index contributed by atoms with van der Waals surface area (Å²) in [5.41, 5.74) is 0.865. The Bertz CT molecular complexity index is 425. The van der Waals surface area contributed by atoms with E-state index in [1.165, 1.54) is 6.33 Å². The minimum absolute atomic E-state index is 0.279. The molecule has 0 aliphatic rings. The number of para-hydroxylation sites is 1. The first-order valence-corrected chi connectivity index (χ1v) is 4.41. The van der Waals surface area contributed by atoms with Crippen LogP contribution in [0.4, 0.5) is 10.2 Å². The highest BCUT2D eigenvalue weighted by molar-refractivity contribution is 5.88. The molecule has 1 aromatic heterocycles. The number of nitrogens with zero attached hydrogens (tertiary/aromatic N) is 2. The van der Waals surface area contributed by atoms with E-state index in [2.05, 4.69) is 15.3 Å². The first-order valence-electron chi connectivity index (χ1n) is 4.41. The highest BCUT2D eigenvalue weighted by atomic mass is 19.1. The number of fused-ring (bicyclic) bond motifs is 1. The molecular weight excluding hydrogens is 181 g/mol. The molecule has 0 spiro atoms. The predicted octanol–water partition coefficient (Wildman–Crippen LogP) is 2.01. The van der Waals surface area contributed by atoms with Crippen molar-refractivity contribution in [1.29, 1.82) is 0 Å². The number of nitrogens with one attached hydrogen (secondary N) is 1. The number of benzene rings is 1. The number of halogens is 1. The second-order valence-electron chi connectivity index (χ2n) is 2.86. The Balaban J connectivity index is 2.43. The number of anilines is 1. The summed E-state index contributed by atoms with van der Waals surface area (Å²) in [5, 5.41) is 3.83. The third kappa shape index (κ3) is 1.64. The van der Waals surface area contributed by atoms with E-state index in [-0.39, 0.29) is 6.54 Å². The second-order valence-corrected chi connectivity index (χ2v) is 2.86. The molecule has 0 fully saturated rings. The van der Waals surface area contributed by atoms with Crippen LogP contribution in [0, 0.1) is 0 Å². The highest BCUT2D eigenvalue weighted by Gasteiger charge is 2.00. The van der Waals surface area contributed by atoms with E-state index < -0.39 is 6.67 Å². The van der Waals surface area contributed by atoms with E-state index in [1.54, 1.807) is 0 Å². The maximum Gasteiger partial charge on any atom is 0.137 e. The van der Waals surface area contributed by atoms with Crippen molar-refractivity contribution >= 4 is 16.7 Å². The molecule has 3 nitrogen and oxygen atoms in total. The van der Waals surface area contributed by atoms with Crippen LogP contribution in [-0.4, -0.2) is 23.2 Å². The number of rotatable bonds is 3. The smallest absolute Gasteiger partial charge is 0.137 e. The van der Waals surface area contributed by atoms with Gasteiger partial charge in [0.15, 0.2) is 0 Å². The lowest BCUT2D eigenvalue weighted by molar-refractivity contribution is 0.512. The standard InChI is InChI=1S/C10H10FN3/c11-5-6-12-10-8-3-1-2-4-9(8)13-7-14-10/h1-4,7H,5-6H2,(H,12,13,14). The Morgan fingerprint density at radius 1 is 1.21 bits per heavy atom. The molecule has 0 unspecified atom stereocenters. The average molecular weight is 191 g/mol. The molecule has 0 saturated carbocycles. The van der Waals surface area contributed by atoms with Gasteiger partial charge in [-0.25, -0.2) is 14.4 Å². The van der Waals surface area contributed by atoms with Crippen LogP contribution >= 0.6 is 0 Å². The van der Waals surface area contributed by atoms with Gasteiger partial charge in [-0.2, -0.15) is 0 Å². The molecule has 0 atom stereocenters. The van der Waals surface area contributed by atoms with Gasteiger partial charge in [-0.3, -0.25) is 0 Å². The van der Waals surface area contributed by atoms with Gasteiger partial charge >= 0.3 is 0 Å². The van der Waals surface area contributed by atoms with Crippen LogP contribution in [0.2, 0.25) is 0 Å². The van der Waals surface area contributed by atoms with Crippen LogP contribution in [0.1, 0.15) is 0 Å². The van der Waals surface area contributed by atoms with Crippen molar-refractivity contribution in [1.82, 2.24) is 9.97 Å². The highest BCUT2D eigenvalue weighted by Crippen LogP contribution is 2.17. The summed E-state index contributed by atoms with van der Waals surface area (Å²) in [6.07, 6.45) is 1.48. The third-order valence-corrected chi connectivity index (χ3v) is 1.93. The monoisotopic (exact) mass is 191 g/mol. The molecule has 0 radical (unpaired) electrons. The maximum atomic E-state index is 12.0. The summed E-state index contributed by atoms with van der Waals surface area (Å²) >= 11 is 0. The molecule has 0 amide bonds. The van der Waals surface area contributed by atoms with Gasteiger partial charge in [-0.15, -0.1) is 0 Å². The first kappa shape index (κ1) is 8.87. The SMILES string of the molecule is FCCNc1ncnc2ccccc12. The second kappa shape index (κ2) is 4.00. The van der Waals surface area contributed by atoms with Crippen LogP contribution < -0.4 is 5.32 Å². The Hall–Kier alpha value is -1.71. The summed E-state index contributed by atoms with van der Waals surface area (Å²) in [6.45, 7) is -0.126. The molecule has 2 rings (SSSR count). The zero-order chi connectivity index (χ0) is 9.80. The van der Waals surface area contributed by atoms with E-state index >= 15 is 0 Å². The minimum atomic E-state index is -0.404. The fourth-order valence-electron chi connectivity index (χ4n) is 1.31.